The SMILES string of the molecule is C=C(C)[C@@H]1CC[C@]2(C(=O)OC)CC[C@]3(C)[C@H](CC[C@@H]4[C@@]5(C)C/C(=C/c6cccc([N+](=O)[O-])c6)C(=O)C(C)(C)[C@@H]5CC[C@]43C)[C@@H]12. The van der Waals surface area contributed by atoms with Gasteiger partial charge in [-0.25, -0.2) is 0 Å². The second kappa shape index (κ2) is 10.1. The number of carbonyl (C=O) groups is 2. The number of ketones is 1. The lowest BCUT2D eigenvalue weighted by atomic mass is 9.32. The lowest BCUT2D eigenvalue weighted by Gasteiger charge is -2.72. The maximum Gasteiger partial charge on any atom is 0.312 e. The van der Waals surface area contributed by atoms with Gasteiger partial charge in [-0.1, -0.05) is 58.9 Å². The van der Waals surface area contributed by atoms with Crippen molar-refractivity contribution in [3.05, 3.63) is 57.7 Å². The molecule has 0 spiro atoms. The van der Waals surface area contributed by atoms with E-state index in [1.165, 1.54) is 11.6 Å². The van der Waals surface area contributed by atoms with Crippen molar-refractivity contribution in [1.29, 1.82) is 0 Å². The molecule has 0 N–H and O–H groups in total. The van der Waals surface area contributed by atoms with E-state index in [0.29, 0.717) is 29.7 Å². The summed E-state index contributed by atoms with van der Waals surface area (Å²) < 4.78 is 5.52. The standard InChI is InChI=1S/C38H51NO5/c1-23(2)27-14-17-38(33(41)44-8)19-18-36(6)28(31(27)38)12-13-30-35(5)22-25(20-24-10-9-11-26(21-24)39(42)43)32(40)34(3,4)29(35)15-16-37(30,36)7/h9-11,20-21,27-31H,1,12-19,22H2,2-8H3/b25-20-/t27-,28+,29-,30+,31+,35-,36+,37+,38-/m0/s1. The highest BCUT2D eigenvalue weighted by atomic mass is 16.6. The van der Waals surface area contributed by atoms with Crippen molar-refractivity contribution in [3.8, 4) is 0 Å². The van der Waals surface area contributed by atoms with E-state index < -0.39 is 10.8 Å². The Balaban J connectivity index is 1.41. The molecule has 238 valence electrons. The number of hydrogen-bond donors (Lipinski definition) is 0. The van der Waals surface area contributed by atoms with Crippen molar-refractivity contribution in [3.63, 3.8) is 0 Å². The molecule has 5 aliphatic carbocycles. The molecule has 0 bridgehead atoms. The number of allylic oxidation sites excluding steroid dienone is 2. The minimum absolute atomic E-state index is 0.0142. The van der Waals surface area contributed by atoms with Gasteiger partial charge in [-0.3, -0.25) is 19.7 Å². The zero-order valence-electron chi connectivity index (χ0n) is 27.8. The van der Waals surface area contributed by atoms with E-state index in [1.54, 1.807) is 19.2 Å². The number of nitro groups is 1. The summed E-state index contributed by atoms with van der Waals surface area (Å²) in [6.07, 6.45) is 10.8. The second-order valence-corrected chi connectivity index (χ2v) is 16.6. The minimum atomic E-state index is -0.512. The van der Waals surface area contributed by atoms with Gasteiger partial charge in [0.05, 0.1) is 17.4 Å². The summed E-state index contributed by atoms with van der Waals surface area (Å²) >= 11 is 0. The third-order valence-corrected chi connectivity index (χ3v) is 14.7. The van der Waals surface area contributed by atoms with E-state index in [1.807, 2.05) is 12.1 Å². The summed E-state index contributed by atoms with van der Waals surface area (Å²) in [6, 6.07) is 6.64. The first-order valence-corrected chi connectivity index (χ1v) is 16.8. The highest BCUT2D eigenvalue weighted by Gasteiger charge is 2.72. The van der Waals surface area contributed by atoms with Crippen molar-refractivity contribution < 1.29 is 19.2 Å². The second-order valence-electron chi connectivity index (χ2n) is 16.6. The van der Waals surface area contributed by atoms with Gasteiger partial charge < -0.3 is 4.74 Å². The van der Waals surface area contributed by atoms with Crippen LogP contribution in [-0.2, 0) is 14.3 Å². The summed E-state index contributed by atoms with van der Waals surface area (Å²) in [7, 11) is 1.56. The Morgan fingerprint density at radius 1 is 1.00 bits per heavy atom. The number of rotatable bonds is 4. The number of esters is 1. The van der Waals surface area contributed by atoms with Gasteiger partial charge >= 0.3 is 5.97 Å². The summed E-state index contributed by atoms with van der Waals surface area (Å²) in [5.41, 5.74) is 1.91. The van der Waals surface area contributed by atoms with E-state index in [2.05, 4.69) is 48.1 Å². The number of non-ortho nitro benzene ring substituents is 1. The fourth-order valence-corrected chi connectivity index (χ4v) is 12.6. The lowest BCUT2D eigenvalue weighted by molar-refractivity contribution is -0.384. The first kappa shape index (κ1) is 31.2. The Morgan fingerprint density at radius 3 is 2.39 bits per heavy atom. The number of ether oxygens (including phenoxy) is 1. The van der Waals surface area contributed by atoms with Crippen LogP contribution < -0.4 is 0 Å². The van der Waals surface area contributed by atoms with Crippen LogP contribution in [0, 0.1) is 66.8 Å². The lowest BCUT2D eigenvalue weighted by Crippen LogP contribution is -2.67. The fraction of sp³-hybridized carbons (Fsp3) is 0.684. The number of benzene rings is 1. The molecule has 0 saturated heterocycles. The Labute approximate surface area is 263 Å². The third-order valence-electron chi connectivity index (χ3n) is 14.7. The van der Waals surface area contributed by atoms with Crippen LogP contribution in [-0.4, -0.2) is 23.8 Å². The number of nitro benzene ring substituents is 1. The monoisotopic (exact) mass is 601 g/mol. The summed E-state index contributed by atoms with van der Waals surface area (Å²) in [5.74, 6) is 1.93. The molecular formula is C38H51NO5. The molecule has 44 heavy (non-hydrogen) atoms. The molecule has 0 heterocycles. The molecule has 5 saturated carbocycles. The molecule has 9 atom stereocenters. The number of methoxy groups -OCH3 is 1. The van der Waals surface area contributed by atoms with E-state index >= 15 is 0 Å². The molecule has 5 aliphatic rings. The van der Waals surface area contributed by atoms with Crippen molar-refractivity contribution in [2.24, 2.45) is 56.7 Å². The van der Waals surface area contributed by atoms with Crippen molar-refractivity contribution in [1.82, 2.24) is 0 Å². The first-order chi connectivity index (χ1) is 20.6. The van der Waals surface area contributed by atoms with Crippen LogP contribution in [0.15, 0.2) is 42.0 Å². The van der Waals surface area contributed by atoms with Crippen molar-refractivity contribution in [2.75, 3.05) is 7.11 Å². The number of nitrogens with zero attached hydrogens (tertiary/aromatic N) is 1. The fourth-order valence-electron chi connectivity index (χ4n) is 12.6. The van der Waals surface area contributed by atoms with Crippen LogP contribution in [0.25, 0.3) is 6.08 Å². The van der Waals surface area contributed by atoms with E-state index in [-0.39, 0.29) is 50.4 Å². The number of fused-ring (bicyclic) bond motifs is 7. The average Bonchev–Trinajstić information content (AvgIpc) is 3.37. The maximum absolute atomic E-state index is 14.1. The van der Waals surface area contributed by atoms with Crippen molar-refractivity contribution in [2.45, 2.75) is 99.3 Å². The summed E-state index contributed by atoms with van der Waals surface area (Å²) in [4.78, 5) is 38.7. The normalized spacial score (nSPS) is 43.3. The molecule has 5 fully saturated rings. The number of Topliss-reactive ketones (excluding diaryl/α,β-unsaturated/α-hetero) is 1. The van der Waals surface area contributed by atoms with Crippen LogP contribution >= 0.6 is 0 Å². The van der Waals surface area contributed by atoms with Crippen LogP contribution in [0.2, 0.25) is 0 Å². The van der Waals surface area contributed by atoms with Gasteiger partial charge in [-0.2, -0.15) is 0 Å². The highest BCUT2D eigenvalue weighted by molar-refractivity contribution is 6.04. The van der Waals surface area contributed by atoms with Crippen LogP contribution in [0.3, 0.4) is 0 Å². The first-order valence-electron chi connectivity index (χ1n) is 16.8. The van der Waals surface area contributed by atoms with Gasteiger partial charge in [0.1, 0.15) is 0 Å². The molecule has 1 aromatic rings. The van der Waals surface area contributed by atoms with Crippen LogP contribution in [0.4, 0.5) is 5.69 Å². The Hall–Kier alpha value is -2.76. The smallest absolute Gasteiger partial charge is 0.312 e. The number of hydrogen-bond acceptors (Lipinski definition) is 5. The molecule has 6 rings (SSSR count). The third kappa shape index (κ3) is 4.04. The maximum atomic E-state index is 14.1. The molecule has 0 radical (unpaired) electrons. The Bertz CT molecular complexity index is 1460. The molecule has 6 heteroatoms. The van der Waals surface area contributed by atoms with Gasteiger partial charge in [0.2, 0.25) is 0 Å². The van der Waals surface area contributed by atoms with E-state index in [9.17, 15) is 19.7 Å². The van der Waals surface area contributed by atoms with Gasteiger partial charge in [0.25, 0.3) is 5.69 Å². The highest BCUT2D eigenvalue weighted by Crippen LogP contribution is 2.77. The van der Waals surface area contributed by atoms with Gasteiger partial charge in [0.15, 0.2) is 5.78 Å². The molecule has 6 nitrogen and oxygen atoms in total. The molecule has 0 aromatic heterocycles. The van der Waals surface area contributed by atoms with E-state index in [4.69, 9.17) is 4.74 Å². The van der Waals surface area contributed by atoms with Crippen molar-refractivity contribution >= 4 is 23.5 Å². The molecular weight excluding hydrogens is 550 g/mol. The summed E-state index contributed by atoms with van der Waals surface area (Å²) in [6.45, 7) is 18.4. The molecule has 1 aromatic carbocycles. The molecule has 0 unspecified atom stereocenters. The minimum Gasteiger partial charge on any atom is -0.469 e. The van der Waals surface area contributed by atoms with Crippen LogP contribution in [0.1, 0.15) is 105 Å². The topological polar surface area (TPSA) is 86.5 Å². The average molecular weight is 602 g/mol. The zero-order chi connectivity index (χ0) is 32.0. The van der Waals surface area contributed by atoms with Gasteiger partial charge in [-0.05, 0) is 128 Å². The molecule has 0 aliphatic heterocycles. The van der Waals surface area contributed by atoms with Crippen LogP contribution in [0.5, 0.6) is 0 Å². The predicted octanol–water partition coefficient (Wildman–Crippen LogP) is 8.99. The molecule has 0 amide bonds. The Kier molecular flexibility index (Phi) is 7.18. The summed E-state index contributed by atoms with van der Waals surface area (Å²) in [5, 5.41) is 11.5. The largest absolute Gasteiger partial charge is 0.469 e. The van der Waals surface area contributed by atoms with Gasteiger partial charge in [-0.15, -0.1) is 0 Å². The Morgan fingerprint density at radius 2 is 1.73 bits per heavy atom. The van der Waals surface area contributed by atoms with Gasteiger partial charge in [0, 0.05) is 17.5 Å². The zero-order valence-corrected chi connectivity index (χ0v) is 27.8. The number of carbonyl (C=O) groups excluding carboxylic acids is 2. The quantitative estimate of drug-likeness (QED) is 0.113. The van der Waals surface area contributed by atoms with E-state index in [0.717, 1.165) is 56.9 Å². The predicted molar refractivity (Wildman–Crippen MR) is 172 cm³/mol.